The highest BCUT2D eigenvalue weighted by Gasteiger charge is 2.11. The topological polar surface area (TPSA) is 46.0 Å². The molecule has 0 amide bonds. The zero-order chi connectivity index (χ0) is 13.0. The molecule has 0 radical (unpaired) electrons. The zero-order valence-electron chi connectivity index (χ0n) is 10.8. The third kappa shape index (κ3) is 2.57. The van der Waals surface area contributed by atoms with E-state index in [4.69, 9.17) is 0 Å². The average Bonchev–Trinajstić information content (AvgIpc) is 2.46. The molecule has 3 nitrogen and oxygen atoms in total. The predicted octanol–water partition coefficient (Wildman–Crippen LogP) is 3.15. The van der Waals surface area contributed by atoms with Gasteiger partial charge in [0.05, 0.1) is 6.10 Å². The average molecular weight is 242 g/mol. The van der Waals surface area contributed by atoms with E-state index in [1.807, 2.05) is 50.5 Å². The second kappa shape index (κ2) is 5.74. The van der Waals surface area contributed by atoms with Gasteiger partial charge in [-0.1, -0.05) is 38.1 Å². The highest BCUT2D eigenvalue weighted by atomic mass is 16.3. The molecule has 1 heterocycles. The Labute approximate surface area is 108 Å². The highest BCUT2D eigenvalue weighted by molar-refractivity contribution is 5.66. The van der Waals surface area contributed by atoms with Crippen LogP contribution in [0.2, 0.25) is 0 Å². The van der Waals surface area contributed by atoms with Crippen LogP contribution in [0.1, 0.15) is 37.8 Å². The Balaban J connectivity index is 2.43. The van der Waals surface area contributed by atoms with Gasteiger partial charge in [-0.3, -0.25) is 0 Å². The van der Waals surface area contributed by atoms with Gasteiger partial charge in [-0.2, -0.15) is 0 Å². The maximum Gasteiger partial charge on any atom is 0.127 e. The number of aromatic nitrogens is 2. The summed E-state index contributed by atoms with van der Waals surface area (Å²) in [5.41, 5.74) is 2.90. The smallest absolute Gasteiger partial charge is 0.127 e. The highest BCUT2D eigenvalue weighted by Crippen LogP contribution is 2.28. The Kier molecular flexibility index (Phi) is 4.05. The summed E-state index contributed by atoms with van der Waals surface area (Å²) in [7, 11) is 0. The van der Waals surface area contributed by atoms with Gasteiger partial charge in [0, 0.05) is 24.4 Å². The molecule has 0 fully saturated rings. The molecule has 0 bridgehead atoms. The van der Waals surface area contributed by atoms with Gasteiger partial charge in [0.15, 0.2) is 0 Å². The van der Waals surface area contributed by atoms with E-state index in [-0.39, 0.29) is 0 Å². The van der Waals surface area contributed by atoms with E-state index < -0.39 is 6.10 Å². The van der Waals surface area contributed by atoms with Crippen molar-refractivity contribution >= 4 is 0 Å². The van der Waals surface area contributed by atoms with Crippen molar-refractivity contribution in [3.8, 4) is 11.1 Å². The van der Waals surface area contributed by atoms with Crippen LogP contribution in [0.4, 0.5) is 0 Å². The van der Waals surface area contributed by atoms with Gasteiger partial charge in [-0.05, 0) is 17.5 Å². The van der Waals surface area contributed by atoms with Crippen LogP contribution in [0.3, 0.4) is 0 Å². The summed E-state index contributed by atoms with van der Waals surface area (Å²) >= 11 is 0. The zero-order valence-corrected chi connectivity index (χ0v) is 10.8. The van der Waals surface area contributed by atoms with Crippen LogP contribution in [0.5, 0.6) is 0 Å². The van der Waals surface area contributed by atoms with Crippen LogP contribution in [0.15, 0.2) is 36.7 Å². The van der Waals surface area contributed by atoms with Crippen molar-refractivity contribution in [1.29, 1.82) is 0 Å². The maximum atomic E-state index is 10.0. The van der Waals surface area contributed by atoms with Crippen LogP contribution in [-0.2, 0) is 6.42 Å². The molecule has 3 heteroatoms. The number of nitrogens with zero attached hydrogens (tertiary/aromatic N) is 2. The number of benzene rings is 1. The van der Waals surface area contributed by atoms with Gasteiger partial charge in [0.2, 0.25) is 0 Å². The minimum atomic E-state index is -0.438. The molecule has 18 heavy (non-hydrogen) atoms. The lowest BCUT2D eigenvalue weighted by Crippen LogP contribution is -1.99. The Hall–Kier alpha value is -1.74. The maximum absolute atomic E-state index is 10.0. The van der Waals surface area contributed by atoms with Crippen molar-refractivity contribution in [2.45, 2.75) is 32.8 Å². The lowest BCUT2D eigenvalue weighted by atomic mass is 9.97. The minimum Gasteiger partial charge on any atom is -0.388 e. The first-order valence-electron chi connectivity index (χ1n) is 6.34. The molecule has 0 spiro atoms. The van der Waals surface area contributed by atoms with Crippen molar-refractivity contribution in [3.05, 3.63) is 48.0 Å². The van der Waals surface area contributed by atoms with Crippen LogP contribution in [-0.4, -0.2) is 15.1 Å². The largest absolute Gasteiger partial charge is 0.388 e. The predicted molar refractivity (Wildman–Crippen MR) is 72.1 cm³/mol. The third-order valence-corrected chi connectivity index (χ3v) is 3.04. The molecular formula is C15H18N2O. The standard InChI is InChI=1S/C15H18N2O/c1-3-14(18)13-8-6-5-7-12(13)11-9-16-15(4-2)17-10-11/h5-10,14,18H,3-4H2,1-2H3. The van der Waals surface area contributed by atoms with Crippen molar-refractivity contribution < 1.29 is 5.11 Å². The fraction of sp³-hybridized carbons (Fsp3) is 0.333. The molecule has 2 rings (SSSR count). The molecule has 0 aliphatic rings. The molecule has 0 aliphatic heterocycles. The lowest BCUT2D eigenvalue weighted by Gasteiger charge is -2.13. The van der Waals surface area contributed by atoms with E-state index >= 15 is 0 Å². The molecular weight excluding hydrogens is 224 g/mol. The van der Waals surface area contributed by atoms with Gasteiger partial charge < -0.3 is 5.11 Å². The number of aryl methyl sites for hydroxylation is 1. The fourth-order valence-electron chi connectivity index (χ4n) is 1.95. The van der Waals surface area contributed by atoms with Gasteiger partial charge >= 0.3 is 0 Å². The van der Waals surface area contributed by atoms with Crippen LogP contribution >= 0.6 is 0 Å². The monoisotopic (exact) mass is 242 g/mol. The fourth-order valence-corrected chi connectivity index (χ4v) is 1.95. The van der Waals surface area contributed by atoms with Crippen LogP contribution in [0.25, 0.3) is 11.1 Å². The molecule has 1 atom stereocenters. The molecule has 0 saturated heterocycles. The van der Waals surface area contributed by atoms with E-state index in [0.717, 1.165) is 28.9 Å². The molecule has 1 aromatic carbocycles. The van der Waals surface area contributed by atoms with Gasteiger partial charge in [-0.25, -0.2) is 9.97 Å². The molecule has 1 aromatic heterocycles. The Morgan fingerprint density at radius 2 is 1.78 bits per heavy atom. The molecule has 94 valence electrons. The summed E-state index contributed by atoms with van der Waals surface area (Å²) in [5, 5.41) is 10.0. The Morgan fingerprint density at radius 1 is 1.11 bits per heavy atom. The van der Waals surface area contributed by atoms with Gasteiger partial charge in [0.25, 0.3) is 0 Å². The van der Waals surface area contributed by atoms with Crippen molar-refractivity contribution in [2.75, 3.05) is 0 Å². The lowest BCUT2D eigenvalue weighted by molar-refractivity contribution is 0.174. The summed E-state index contributed by atoms with van der Waals surface area (Å²) < 4.78 is 0. The molecule has 1 N–H and O–H groups in total. The molecule has 2 aromatic rings. The molecule has 0 saturated carbocycles. The van der Waals surface area contributed by atoms with Crippen molar-refractivity contribution in [3.63, 3.8) is 0 Å². The normalized spacial score (nSPS) is 12.4. The van der Waals surface area contributed by atoms with E-state index in [9.17, 15) is 5.11 Å². The number of rotatable bonds is 4. The SMILES string of the molecule is CCc1ncc(-c2ccccc2C(O)CC)cn1. The van der Waals surface area contributed by atoms with Gasteiger partial charge in [-0.15, -0.1) is 0 Å². The minimum absolute atomic E-state index is 0.438. The number of aliphatic hydroxyl groups excluding tert-OH is 1. The van der Waals surface area contributed by atoms with E-state index in [1.165, 1.54) is 0 Å². The van der Waals surface area contributed by atoms with Crippen molar-refractivity contribution in [2.24, 2.45) is 0 Å². The van der Waals surface area contributed by atoms with Crippen molar-refractivity contribution in [1.82, 2.24) is 9.97 Å². The van der Waals surface area contributed by atoms with E-state index in [0.29, 0.717) is 6.42 Å². The summed E-state index contributed by atoms with van der Waals surface area (Å²) in [6.07, 6.45) is 4.75. The molecule has 0 aliphatic carbocycles. The first kappa shape index (κ1) is 12.7. The first-order chi connectivity index (χ1) is 8.76. The first-order valence-corrected chi connectivity index (χ1v) is 6.34. The second-order valence-corrected chi connectivity index (χ2v) is 4.25. The summed E-state index contributed by atoms with van der Waals surface area (Å²) in [6, 6.07) is 7.86. The van der Waals surface area contributed by atoms with Gasteiger partial charge in [0.1, 0.15) is 5.82 Å². The summed E-state index contributed by atoms with van der Waals surface area (Å²) in [5.74, 6) is 0.840. The Morgan fingerprint density at radius 3 is 2.39 bits per heavy atom. The van der Waals surface area contributed by atoms with Crippen LogP contribution < -0.4 is 0 Å². The number of hydrogen-bond donors (Lipinski definition) is 1. The van der Waals surface area contributed by atoms with E-state index in [1.54, 1.807) is 0 Å². The quantitative estimate of drug-likeness (QED) is 0.895. The van der Waals surface area contributed by atoms with Crippen LogP contribution in [0, 0.1) is 0 Å². The Bertz CT molecular complexity index is 508. The summed E-state index contributed by atoms with van der Waals surface area (Å²) in [6.45, 7) is 4.00. The number of hydrogen-bond acceptors (Lipinski definition) is 3. The second-order valence-electron chi connectivity index (χ2n) is 4.25. The number of aliphatic hydroxyl groups is 1. The van der Waals surface area contributed by atoms with E-state index in [2.05, 4.69) is 9.97 Å². The third-order valence-electron chi connectivity index (χ3n) is 3.04. The summed E-state index contributed by atoms with van der Waals surface area (Å²) in [4.78, 5) is 8.61. The molecule has 1 unspecified atom stereocenters.